The van der Waals surface area contributed by atoms with Crippen molar-refractivity contribution in [2.45, 2.75) is 0 Å². The predicted octanol–water partition coefficient (Wildman–Crippen LogP) is 2.73. The van der Waals surface area contributed by atoms with Crippen LogP contribution in [0.25, 0.3) is 0 Å². The van der Waals surface area contributed by atoms with E-state index in [1.165, 1.54) is 6.07 Å². The fourth-order valence-electron chi connectivity index (χ4n) is 0.511. The zero-order valence-corrected chi connectivity index (χ0v) is 6.52. The van der Waals surface area contributed by atoms with E-state index in [9.17, 15) is 4.57 Å². The van der Waals surface area contributed by atoms with Crippen molar-refractivity contribution in [3.05, 3.63) is 29.3 Å². The summed E-state index contributed by atoms with van der Waals surface area (Å²) < 4.78 is 14.5. The quantitative estimate of drug-likeness (QED) is 0.643. The van der Waals surface area contributed by atoms with Crippen LogP contribution in [0.15, 0.2) is 18.2 Å². The third-order valence-corrected chi connectivity index (χ3v) is 1.38. The summed E-state index contributed by atoms with van der Waals surface area (Å²) in [6.07, 6.45) is 0. The molecule has 0 aliphatic rings. The van der Waals surface area contributed by atoms with Crippen molar-refractivity contribution in [3.8, 4) is 5.75 Å². The van der Waals surface area contributed by atoms with Gasteiger partial charge in [-0.1, -0.05) is 11.6 Å². The van der Waals surface area contributed by atoms with Gasteiger partial charge in [0.15, 0.2) is 0 Å². The van der Waals surface area contributed by atoms with E-state index in [1.54, 1.807) is 12.1 Å². The van der Waals surface area contributed by atoms with Crippen LogP contribution >= 0.6 is 20.3 Å². The molecule has 0 heterocycles. The van der Waals surface area contributed by atoms with Crippen LogP contribution in [-0.4, -0.2) is 0 Å². The predicted molar refractivity (Wildman–Crippen MR) is 38.5 cm³/mol. The summed E-state index contributed by atoms with van der Waals surface area (Å²) >= 11 is 5.58. The van der Waals surface area contributed by atoms with Gasteiger partial charge in [-0.2, -0.15) is 0 Å². The maximum absolute atomic E-state index is 9.90. The fourth-order valence-corrected chi connectivity index (χ4v) is 0.859. The van der Waals surface area contributed by atoms with E-state index >= 15 is 0 Å². The summed E-state index contributed by atoms with van der Waals surface area (Å²) in [5, 5.41) is 0.539. The van der Waals surface area contributed by atoms with Gasteiger partial charge in [-0.05, 0) is 12.1 Å². The lowest BCUT2D eigenvalue weighted by Crippen LogP contribution is -1.73. The molecule has 0 spiro atoms. The summed E-state index contributed by atoms with van der Waals surface area (Å²) in [4.78, 5) is 0. The van der Waals surface area contributed by atoms with Gasteiger partial charge in [0.05, 0.1) is 0 Å². The van der Waals surface area contributed by atoms with Crippen molar-refractivity contribution in [2.24, 2.45) is 0 Å². The summed E-state index contributed by atoms with van der Waals surface area (Å²) in [7, 11) is -0.392. The summed E-state index contributed by atoms with van der Waals surface area (Å²) in [6.45, 7) is 0. The van der Waals surface area contributed by atoms with Gasteiger partial charge in [0.1, 0.15) is 5.75 Å². The molecule has 4 heteroatoms. The van der Waals surface area contributed by atoms with Crippen molar-refractivity contribution < 1.29 is 9.09 Å². The lowest BCUT2D eigenvalue weighted by Gasteiger charge is -1.93. The van der Waals surface area contributed by atoms with E-state index < -0.39 is 8.69 Å². The lowest BCUT2D eigenvalue weighted by atomic mass is 10.3. The number of hydrogen-bond acceptors (Lipinski definition) is 2. The highest BCUT2D eigenvalue weighted by atomic mass is 35.5. The summed E-state index contributed by atoms with van der Waals surface area (Å²) in [6, 6.07) is 7.49. The maximum Gasteiger partial charge on any atom is 0.395 e. The first-order valence-electron chi connectivity index (χ1n) is 2.50. The third kappa shape index (κ3) is 1.98. The minimum absolute atomic E-state index is 0.379. The molecule has 1 rings (SSSR count). The number of halogens is 1. The molecule has 0 unspecified atom stereocenters. The molecule has 10 heavy (non-hydrogen) atoms. The van der Waals surface area contributed by atoms with E-state index in [2.05, 4.69) is 10.6 Å². The van der Waals surface area contributed by atoms with Crippen LogP contribution in [0, 0.1) is 6.07 Å². The zero-order valence-electron chi connectivity index (χ0n) is 4.87. The summed E-state index contributed by atoms with van der Waals surface area (Å²) in [5.41, 5.74) is 0. The molecule has 0 saturated carbocycles. The van der Waals surface area contributed by atoms with Crippen LogP contribution in [0.2, 0.25) is 5.02 Å². The molecule has 51 valence electrons. The smallest absolute Gasteiger partial charge is 0.395 e. The molecule has 1 aromatic carbocycles. The molecule has 0 aliphatic heterocycles. The van der Waals surface area contributed by atoms with Gasteiger partial charge in [0.2, 0.25) is 0 Å². The second-order valence-corrected chi connectivity index (χ2v) is 2.31. The first-order valence-corrected chi connectivity index (χ1v) is 3.60. The highest BCUT2D eigenvalue weighted by Gasteiger charge is 1.92. The Balaban J connectivity index is 2.84. The second-order valence-electron chi connectivity index (χ2n) is 1.54. The molecular weight excluding hydrogens is 170 g/mol. The average Bonchev–Trinajstić information content (AvgIpc) is 1.88. The Kier molecular flexibility index (Phi) is 2.67. The Morgan fingerprint density at radius 1 is 1.70 bits per heavy atom. The molecule has 0 amide bonds. The van der Waals surface area contributed by atoms with Crippen LogP contribution in [0.4, 0.5) is 0 Å². The average molecular weight is 174 g/mol. The molecule has 0 aromatic heterocycles. The van der Waals surface area contributed by atoms with Crippen molar-refractivity contribution in [1.29, 1.82) is 0 Å². The first-order chi connectivity index (χ1) is 4.83. The first kappa shape index (κ1) is 7.52. The highest BCUT2D eigenvalue weighted by Crippen LogP contribution is 2.18. The fraction of sp³-hybridized carbons (Fsp3) is 0. The Morgan fingerprint density at radius 3 is 3.10 bits per heavy atom. The number of benzene rings is 1. The lowest BCUT2D eigenvalue weighted by molar-refractivity contribution is 0.524. The van der Waals surface area contributed by atoms with Gasteiger partial charge in [-0.15, -0.1) is 0 Å². The van der Waals surface area contributed by atoms with E-state index in [4.69, 9.17) is 11.6 Å². The highest BCUT2D eigenvalue weighted by molar-refractivity contribution is 7.17. The van der Waals surface area contributed by atoms with E-state index in [0.29, 0.717) is 10.8 Å². The molecule has 0 aliphatic carbocycles. The van der Waals surface area contributed by atoms with E-state index in [-0.39, 0.29) is 0 Å². The van der Waals surface area contributed by atoms with Crippen LogP contribution in [0.5, 0.6) is 5.75 Å². The van der Waals surface area contributed by atoms with Crippen molar-refractivity contribution in [2.75, 3.05) is 0 Å². The Labute approximate surface area is 65.1 Å². The van der Waals surface area contributed by atoms with E-state index in [1.807, 2.05) is 0 Å². The normalized spacial score (nSPS) is 9.70. The maximum atomic E-state index is 9.90. The Hall–Kier alpha value is -0.590. The number of hydrogen-bond donors (Lipinski definition) is 0. The van der Waals surface area contributed by atoms with Crippen LogP contribution in [-0.2, 0) is 4.57 Å². The van der Waals surface area contributed by atoms with Crippen LogP contribution < -0.4 is 4.52 Å². The Bertz CT molecular complexity index is 239. The number of rotatable bonds is 2. The molecular formula is C6H3ClO2P. The Morgan fingerprint density at radius 2 is 2.50 bits per heavy atom. The molecule has 0 bridgehead atoms. The van der Waals surface area contributed by atoms with E-state index in [0.717, 1.165) is 0 Å². The van der Waals surface area contributed by atoms with Gasteiger partial charge in [0, 0.05) is 17.2 Å². The molecule has 0 saturated heterocycles. The third-order valence-electron chi connectivity index (χ3n) is 0.873. The zero-order chi connectivity index (χ0) is 7.40. The molecule has 0 fully saturated rings. The van der Waals surface area contributed by atoms with Gasteiger partial charge in [-0.3, -0.25) is 0 Å². The topological polar surface area (TPSA) is 26.3 Å². The summed E-state index contributed by atoms with van der Waals surface area (Å²) in [5.74, 6) is 0.379. The van der Waals surface area contributed by atoms with Gasteiger partial charge >= 0.3 is 8.69 Å². The van der Waals surface area contributed by atoms with Crippen LogP contribution in [0.1, 0.15) is 0 Å². The standard InChI is InChI=1S/C6H3ClO2P/c7-5-2-1-3-6(4-5)9-10-8/h1-2,4H. The van der Waals surface area contributed by atoms with Gasteiger partial charge in [0.25, 0.3) is 0 Å². The minimum Gasteiger partial charge on any atom is -0.407 e. The molecule has 2 nitrogen and oxygen atoms in total. The molecule has 0 N–H and O–H groups in total. The SMILES string of the molecule is O=POc1[c]ccc(Cl)c1. The molecule has 1 aromatic rings. The van der Waals surface area contributed by atoms with Crippen molar-refractivity contribution in [3.63, 3.8) is 0 Å². The molecule has 1 radical (unpaired) electrons. The van der Waals surface area contributed by atoms with Crippen LogP contribution in [0.3, 0.4) is 0 Å². The van der Waals surface area contributed by atoms with Gasteiger partial charge < -0.3 is 4.52 Å². The van der Waals surface area contributed by atoms with Crippen molar-refractivity contribution in [1.82, 2.24) is 0 Å². The second kappa shape index (κ2) is 3.55. The van der Waals surface area contributed by atoms with Crippen molar-refractivity contribution >= 4 is 20.3 Å². The minimum atomic E-state index is -0.392. The largest absolute Gasteiger partial charge is 0.407 e. The van der Waals surface area contributed by atoms with Gasteiger partial charge in [-0.25, -0.2) is 4.57 Å². The molecule has 0 atom stereocenters. The monoisotopic (exact) mass is 173 g/mol.